The number of hydrogen-bond acceptors (Lipinski definition) is 9. The maximum atomic E-state index is 12.9. The van der Waals surface area contributed by atoms with Crippen molar-refractivity contribution in [3.63, 3.8) is 0 Å². The quantitative estimate of drug-likeness (QED) is 0.0602. The summed E-state index contributed by atoms with van der Waals surface area (Å²) < 4.78 is 0. The summed E-state index contributed by atoms with van der Waals surface area (Å²) in [5, 5.41) is 45.0. The van der Waals surface area contributed by atoms with E-state index in [0.29, 0.717) is 5.56 Å². The van der Waals surface area contributed by atoms with E-state index < -0.39 is 60.6 Å². The molecule has 0 spiro atoms. The highest BCUT2D eigenvalue weighted by Crippen LogP contribution is 2.11. The van der Waals surface area contributed by atoms with E-state index in [1.54, 1.807) is 0 Å². The third kappa shape index (κ3) is 11.1. The molecule has 1 aromatic carbocycles. The minimum atomic E-state index is -1.54. The molecule has 5 unspecified atom stereocenters. The van der Waals surface area contributed by atoms with Crippen LogP contribution in [0.2, 0.25) is 0 Å². The van der Waals surface area contributed by atoms with Gasteiger partial charge in [-0.25, -0.2) is 4.79 Å². The lowest BCUT2D eigenvalue weighted by Crippen LogP contribution is -2.59. The van der Waals surface area contributed by atoms with Gasteiger partial charge in [0.25, 0.3) is 0 Å². The van der Waals surface area contributed by atoms with Crippen molar-refractivity contribution in [3.05, 3.63) is 29.8 Å². The van der Waals surface area contributed by atoms with Gasteiger partial charge in [0, 0.05) is 13.0 Å². The SMILES string of the molecule is CC(O)C(N)C(=O)NC(CCCN=C(N)N)C(=O)NC(CO)C(=O)NC(Cc1ccc(O)cc1)C(=O)O. The van der Waals surface area contributed by atoms with Crippen molar-refractivity contribution in [2.24, 2.45) is 22.2 Å². The highest BCUT2D eigenvalue weighted by atomic mass is 16.4. The molecule has 0 aliphatic heterocycles. The van der Waals surface area contributed by atoms with Gasteiger partial charge >= 0.3 is 5.97 Å². The lowest BCUT2D eigenvalue weighted by Gasteiger charge is -2.24. The minimum absolute atomic E-state index is 0.0131. The number of carboxylic acid groups (broad SMARTS) is 1. The summed E-state index contributed by atoms with van der Waals surface area (Å²) in [7, 11) is 0. The van der Waals surface area contributed by atoms with E-state index in [0.717, 1.165) is 0 Å². The van der Waals surface area contributed by atoms with Crippen LogP contribution in [0.4, 0.5) is 0 Å². The molecule has 206 valence electrons. The Kier molecular flexibility index (Phi) is 12.8. The van der Waals surface area contributed by atoms with Crippen molar-refractivity contribution in [1.82, 2.24) is 16.0 Å². The van der Waals surface area contributed by atoms with Crippen LogP contribution in [-0.4, -0.2) is 93.5 Å². The summed E-state index contributed by atoms with van der Waals surface area (Å²) in [4.78, 5) is 53.3. The molecule has 1 aromatic rings. The van der Waals surface area contributed by atoms with Crippen molar-refractivity contribution in [2.45, 2.75) is 56.5 Å². The highest BCUT2D eigenvalue weighted by molar-refractivity contribution is 5.94. The highest BCUT2D eigenvalue weighted by Gasteiger charge is 2.30. The molecule has 0 heterocycles. The first kappa shape index (κ1) is 31.1. The molecule has 0 aliphatic rings. The third-order valence-corrected chi connectivity index (χ3v) is 5.21. The van der Waals surface area contributed by atoms with Gasteiger partial charge in [0.15, 0.2) is 5.96 Å². The lowest BCUT2D eigenvalue weighted by molar-refractivity contribution is -0.142. The van der Waals surface area contributed by atoms with Crippen LogP contribution in [0.3, 0.4) is 0 Å². The summed E-state index contributed by atoms with van der Waals surface area (Å²) in [5.41, 5.74) is 16.6. The Labute approximate surface area is 213 Å². The normalized spacial score (nSPS) is 14.8. The number of phenolic OH excluding ortho intramolecular Hbond substituents is 1. The molecule has 0 radical (unpaired) electrons. The van der Waals surface area contributed by atoms with Crippen molar-refractivity contribution in [2.75, 3.05) is 13.2 Å². The van der Waals surface area contributed by atoms with Crippen LogP contribution in [0.1, 0.15) is 25.3 Å². The second kappa shape index (κ2) is 15.2. The number of rotatable bonds is 15. The molecule has 0 saturated carbocycles. The van der Waals surface area contributed by atoms with Crippen molar-refractivity contribution >= 4 is 29.7 Å². The Hall–Kier alpha value is -3.95. The molecule has 0 aliphatic carbocycles. The molecule has 5 atom stereocenters. The van der Waals surface area contributed by atoms with Crippen LogP contribution in [0.15, 0.2) is 29.3 Å². The molecular formula is C22H35N7O8. The van der Waals surface area contributed by atoms with Crippen LogP contribution in [-0.2, 0) is 25.6 Å². The summed E-state index contributed by atoms with van der Waals surface area (Å²) in [5.74, 6) is -4.22. The van der Waals surface area contributed by atoms with Gasteiger partial charge in [-0.3, -0.25) is 19.4 Å². The van der Waals surface area contributed by atoms with Crippen LogP contribution < -0.4 is 33.2 Å². The second-order valence-electron chi connectivity index (χ2n) is 8.29. The number of benzene rings is 1. The average molecular weight is 526 g/mol. The van der Waals surface area contributed by atoms with Crippen molar-refractivity contribution in [1.29, 1.82) is 0 Å². The van der Waals surface area contributed by atoms with E-state index >= 15 is 0 Å². The zero-order chi connectivity index (χ0) is 28.1. The van der Waals surface area contributed by atoms with Gasteiger partial charge in [0.1, 0.15) is 29.9 Å². The minimum Gasteiger partial charge on any atom is -0.508 e. The van der Waals surface area contributed by atoms with Crippen LogP contribution in [0.5, 0.6) is 5.75 Å². The van der Waals surface area contributed by atoms with E-state index in [-0.39, 0.29) is 37.5 Å². The van der Waals surface area contributed by atoms with Crippen molar-refractivity contribution in [3.8, 4) is 5.75 Å². The van der Waals surface area contributed by atoms with Gasteiger partial charge < -0.3 is 53.6 Å². The Morgan fingerprint density at radius 1 is 0.946 bits per heavy atom. The molecule has 13 N–H and O–H groups in total. The Bertz CT molecular complexity index is 951. The fraction of sp³-hybridized carbons (Fsp3) is 0.500. The maximum Gasteiger partial charge on any atom is 0.326 e. The van der Waals surface area contributed by atoms with E-state index in [1.165, 1.54) is 31.2 Å². The molecule has 15 nitrogen and oxygen atoms in total. The summed E-state index contributed by atoms with van der Waals surface area (Å²) in [6.45, 7) is 0.554. The number of carboxylic acids is 1. The second-order valence-corrected chi connectivity index (χ2v) is 8.29. The number of aliphatic hydroxyl groups is 2. The average Bonchev–Trinajstić information content (AvgIpc) is 2.83. The number of carbonyl (C=O) groups is 4. The number of carbonyl (C=O) groups excluding carboxylic acids is 3. The number of nitrogens with zero attached hydrogens (tertiary/aromatic N) is 1. The number of phenols is 1. The Morgan fingerprint density at radius 3 is 2.00 bits per heavy atom. The number of hydrogen-bond donors (Lipinski definition) is 10. The number of aliphatic carboxylic acids is 1. The van der Waals surface area contributed by atoms with Gasteiger partial charge in [-0.1, -0.05) is 12.1 Å². The van der Waals surface area contributed by atoms with Gasteiger partial charge in [-0.2, -0.15) is 0 Å². The first-order chi connectivity index (χ1) is 17.3. The molecule has 1 rings (SSSR count). The summed E-state index contributed by atoms with van der Waals surface area (Å²) in [6.07, 6.45) is -1.08. The smallest absolute Gasteiger partial charge is 0.326 e. The van der Waals surface area contributed by atoms with Gasteiger partial charge in [-0.05, 0) is 37.5 Å². The fourth-order valence-corrected chi connectivity index (χ4v) is 3.07. The number of aliphatic hydroxyl groups excluding tert-OH is 2. The van der Waals surface area contributed by atoms with E-state index in [4.69, 9.17) is 17.2 Å². The van der Waals surface area contributed by atoms with E-state index in [1.807, 2.05) is 0 Å². The zero-order valence-electron chi connectivity index (χ0n) is 20.3. The van der Waals surface area contributed by atoms with Crippen LogP contribution >= 0.6 is 0 Å². The van der Waals surface area contributed by atoms with Gasteiger partial charge in [0.05, 0.1) is 12.7 Å². The number of aromatic hydroxyl groups is 1. The van der Waals surface area contributed by atoms with E-state index in [9.17, 15) is 39.6 Å². The predicted molar refractivity (Wildman–Crippen MR) is 132 cm³/mol. The van der Waals surface area contributed by atoms with Gasteiger partial charge in [0.2, 0.25) is 17.7 Å². The Morgan fingerprint density at radius 2 is 1.49 bits per heavy atom. The first-order valence-electron chi connectivity index (χ1n) is 11.4. The monoisotopic (exact) mass is 525 g/mol. The van der Waals surface area contributed by atoms with Crippen molar-refractivity contribution < 1.29 is 39.6 Å². The molecule has 0 aromatic heterocycles. The zero-order valence-corrected chi connectivity index (χ0v) is 20.3. The van der Waals surface area contributed by atoms with Gasteiger partial charge in [-0.15, -0.1) is 0 Å². The molecule has 0 bridgehead atoms. The molecule has 0 fully saturated rings. The van der Waals surface area contributed by atoms with Crippen LogP contribution in [0, 0.1) is 0 Å². The first-order valence-corrected chi connectivity index (χ1v) is 11.4. The standard InChI is InChI=1S/C22H35N7O8/c1-11(31)17(23)20(35)27-14(3-2-8-26-22(24)25)18(33)29-16(10-30)19(34)28-15(21(36)37)9-12-4-6-13(32)7-5-12/h4-7,11,14-17,30-32H,2-3,8-10,23H2,1H3,(H,27,35)(H,28,34)(H,29,33)(H,36,37)(H4,24,25,26). The molecule has 3 amide bonds. The molecule has 15 heteroatoms. The number of aliphatic imine (C=N–C) groups is 1. The third-order valence-electron chi connectivity index (χ3n) is 5.21. The predicted octanol–water partition coefficient (Wildman–Crippen LogP) is -3.77. The largest absolute Gasteiger partial charge is 0.508 e. The summed E-state index contributed by atoms with van der Waals surface area (Å²) in [6, 6.07) is 0.170. The Balaban J connectivity index is 2.92. The number of amides is 3. The van der Waals surface area contributed by atoms with Crippen LogP contribution in [0.25, 0.3) is 0 Å². The molecule has 37 heavy (non-hydrogen) atoms. The lowest BCUT2D eigenvalue weighted by atomic mass is 10.0. The number of nitrogens with two attached hydrogens (primary N) is 3. The summed E-state index contributed by atoms with van der Waals surface area (Å²) >= 11 is 0. The fourth-order valence-electron chi connectivity index (χ4n) is 3.07. The molecular weight excluding hydrogens is 490 g/mol. The molecule has 0 saturated heterocycles. The van der Waals surface area contributed by atoms with E-state index in [2.05, 4.69) is 20.9 Å². The topological polar surface area (TPSA) is 276 Å². The number of nitrogens with one attached hydrogen (secondary N) is 3. The maximum absolute atomic E-state index is 12.9. The number of guanidine groups is 1.